The SMILES string of the molecule is CC(C)C[C@H]1C(=O)N[C@@H](C2CCCCC2)C(=O)N[C@@H](CN)C(=O)N[C@@H](C(C)O)C(=O)NCC(=O)O[C@H](CC2CC3CCC2C3)[C@@H](C)C(=O)N1C. The highest BCUT2D eigenvalue weighted by Gasteiger charge is 2.44. The van der Waals surface area contributed by atoms with Gasteiger partial charge in [0.15, 0.2) is 0 Å². The van der Waals surface area contributed by atoms with E-state index in [0.717, 1.165) is 38.5 Å². The number of rotatable bonds is 7. The minimum Gasteiger partial charge on any atom is -0.460 e. The molecule has 14 nitrogen and oxygen atoms in total. The maximum atomic E-state index is 14.2. The van der Waals surface area contributed by atoms with Crippen LogP contribution in [0.15, 0.2) is 0 Å². The summed E-state index contributed by atoms with van der Waals surface area (Å²) in [6, 6.07) is -4.66. The van der Waals surface area contributed by atoms with E-state index in [4.69, 9.17) is 10.5 Å². The fourth-order valence-corrected chi connectivity index (χ4v) is 8.59. The number of nitrogens with one attached hydrogen (secondary N) is 4. The Bertz CT molecular complexity index is 1240. The second kappa shape index (κ2) is 17.8. The van der Waals surface area contributed by atoms with Crippen LogP contribution in [0, 0.1) is 35.5 Å². The summed E-state index contributed by atoms with van der Waals surface area (Å²) in [5.41, 5.74) is 5.90. The summed E-state index contributed by atoms with van der Waals surface area (Å²) < 4.78 is 5.95. The maximum absolute atomic E-state index is 14.2. The Morgan fingerprint density at radius 2 is 1.56 bits per heavy atom. The van der Waals surface area contributed by atoms with E-state index in [1.807, 2.05) is 13.8 Å². The predicted octanol–water partition coefficient (Wildman–Crippen LogP) is 0.738. The molecule has 3 saturated carbocycles. The number of aliphatic hydroxyl groups is 1. The quantitative estimate of drug-likeness (QED) is 0.206. The van der Waals surface area contributed by atoms with Gasteiger partial charge >= 0.3 is 5.97 Å². The summed E-state index contributed by atoms with van der Waals surface area (Å²) in [6.45, 7) is 6.05. The first-order valence-corrected chi connectivity index (χ1v) is 18.7. The molecule has 4 unspecified atom stereocenters. The van der Waals surface area contributed by atoms with E-state index < -0.39 is 78.4 Å². The molecule has 4 rings (SSSR count). The number of nitrogens with two attached hydrogens (primary N) is 1. The van der Waals surface area contributed by atoms with Crippen LogP contribution >= 0.6 is 0 Å². The Balaban J connectivity index is 1.69. The van der Waals surface area contributed by atoms with Crippen molar-refractivity contribution < 1.29 is 38.6 Å². The van der Waals surface area contributed by atoms with Crippen LogP contribution in [0.4, 0.5) is 0 Å². The van der Waals surface area contributed by atoms with Gasteiger partial charge in [-0.05, 0) is 81.5 Å². The Hall–Kier alpha value is -3.26. The average Bonchev–Trinajstić information content (AvgIpc) is 3.71. The van der Waals surface area contributed by atoms with Crippen molar-refractivity contribution in [2.45, 2.75) is 135 Å². The van der Waals surface area contributed by atoms with Gasteiger partial charge in [-0.1, -0.05) is 46.5 Å². The third-order valence-corrected chi connectivity index (χ3v) is 11.5. The van der Waals surface area contributed by atoms with Crippen molar-refractivity contribution in [3.63, 3.8) is 0 Å². The largest absolute Gasteiger partial charge is 0.460 e. The fraction of sp³-hybridized carbons (Fsp3) is 0.833. The molecule has 1 saturated heterocycles. The molecule has 50 heavy (non-hydrogen) atoms. The number of carbonyl (C=O) groups is 6. The highest BCUT2D eigenvalue weighted by Crippen LogP contribution is 2.50. The van der Waals surface area contributed by atoms with E-state index in [9.17, 15) is 33.9 Å². The molecule has 10 atom stereocenters. The summed E-state index contributed by atoms with van der Waals surface area (Å²) in [5, 5.41) is 20.9. The van der Waals surface area contributed by atoms with Gasteiger partial charge in [-0.25, -0.2) is 0 Å². The molecule has 0 aromatic rings. The maximum Gasteiger partial charge on any atom is 0.325 e. The molecule has 1 heterocycles. The van der Waals surface area contributed by atoms with Gasteiger partial charge in [0.25, 0.3) is 0 Å². The van der Waals surface area contributed by atoms with E-state index in [-0.39, 0.29) is 30.2 Å². The predicted molar refractivity (Wildman–Crippen MR) is 185 cm³/mol. The van der Waals surface area contributed by atoms with Crippen molar-refractivity contribution in [2.75, 3.05) is 20.1 Å². The molecule has 5 amide bonds. The number of ether oxygens (including phenoxy) is 1. The van der Waals surface area contributed by atoms with Gasteiger partial charge in [-0.3, -0.25) is 28.8 Å². The number of aliphatic hydroxyl groups excluding tert-OH is 1. The lowest BCUT2D eigenvalue weighted by Crippen LogP contribution is -2.62. The number of hydrogen-bond donors (Lipinski definition) is 6. The number of fused-ring (bicyclic) bond motifs is 2. The second-order valence-corrected chi connectivity index (χ2v) is 15.7. The van der Waals surface area contributed by atoms with Crippen LogP contribution in [-0.2, 0) is 33.5 Å². The lowest BCUT2D eigenvalue weighted by molar-refractivity contribution is -0.158. The normalized spacial score (nSPS) is 35.0. The number of nitrogens with zero attached hydrogens (tertiary/aromatic N) is 1. The minimum absolute atomic E-state index is 0.0262. The summed E-state index contributed by atoms with van der Waals surface area (Å²) in [5.74, 6) is -3.38. The molecule has 0 aromatic heterocycles. The van der Waals surface area contributed by atoms with Gasteiger partial charge in [0.2, 0.25) is 29.5 Å². The van der Waals surface area contributed by atoms with Crippen LogP contribution < -0.4 is 27.0 Å². The van der Waals surface area contributed by atoms with Gasteiger partial charge in [-0.15, -0.1) is 0 Å². The van der Waals surface area contributed by atoms with Crippen molar-refractivity contribution >= 4 is 35.5 Å². The number of carbonyl (C=O) groups excluding carboxylic acids is 6. The molecule has 2 bridgehead atoms. The molecular formula is C36H60N6O8. The van der Waals surface area contributed by atoms with Crippen LogP contribution in [-0.4, -0.2) is 102 Å². The minimum atomic E-state index is -1.46. The van der Waals surface area contributed by atoms with Crippen LogP contribution in [0.1, 0.15) is 98.3 Å². The summed E-state index contributed by atoms with van der Waals surface area (Å²) in [6.07, 6.45) is 7.25. The third-order valence-electron chi connectivity index (χ3n) is 11.5. The molecule has 1 aliphatic heterocycles. The molecule has 4 fully saturated rings. The first-order chi connectivity index (χ1) is 23.7. The second-order valence-electron chi connectivity index (χ2n) is 15.7. The van der Waals surface area contributed by atoms with Gasteiger partial charge in [0.1, 0.15) is 36.8 Å². The van der Waals surface area contributed by atoms with Crippen molar-refractivity contribution in [1.29, 1.82) is 0 Å². The van der Waals surface area contributed by atoms with E-state index in [2.05, 4.69) is 21.3 Å². The molecule has 282 valence electrons. The molecule has 14 heteroatoms. The van der Waals surface area contributed by atoms with Crippen molar-refractivity contribution in [2.24, 2.45) is 41.2 Å². The molecule has 3 aliphatic carbocycles. The van der Waals surface area contributed by atoms with Crippen LogP contribution in [0.25, 0.3) is 0 Å². The third kappa shape index (κ3) is 9.95. The monoisotopic (exact) mass is 704 g/mol. The van der Waals surface area contributed by atoms with E-state index in [1.54, 1.807) is 14.0 Å². The fourth-order valence-electron chi connectivity index (χ4n) is 8.59. The molecule has 0 spiro atoms. The zero-order chi connectivity index (χ0) is 36.7. The molecule has 0 aromatic carbocycles. The molecule has 7 N–H and O–H groups in total. The number of esters is 1. The summed E-state index contributed by atoms with van der Waals surface area (Å²) in [4.78, 5) is 83.4. The lowest BCUT2D eigenvalue weighted by atomic mass is 9.82. The van der Waals surface area contributed by atoms with E-state index >= 15 is 0 Å². The molecule has 4 aliphatic rings. The topological polar surface area (TPSA) is 209 Å². The standard InChI is InChI=1S/C36H60N6O8/c1-19(2)13-27-33(46)41-31(23-9-7-6-8-10-23)35(48)39-26(17-37)32(45)40-30(21(4)43)34(47)38-18-29(44)50-28(20(3)36(49)42(27)5)16-25-15-22-11-12-24(25)14-22/h19-28,30-31,43H,6-18,37H2,1-5H3,(H,38,47)(H,39,48)(H,40,45)(H,41,46)/t20-,21?,22?,24?,25?,26+,27+,28-,30+,31+/m1/s1. The number of cyclic esters (lactones) is 1. The van der Waals surface area contributed by atoms with Crippen LogP contribution in [0.3, 0.4) is 0 Å². The Labute approximate surface area is 296 Å². The Morgan fingerprint density at radius 3 is 2.14 bits per heavy atom. The first-order valence-electron chi connectivity index (χ1n) is 18.7. The summed E-state index contributed by atoms with van der Waals surface area (Å²) >= 11 is 0. The van der Waals surface area contributed by atoms with E-state index in [0.29, 0.717) is 37.5 Å². The van der Waals surface area contributed by atoms with Crippen LogP contribution in [0.2, 0.25) is 0 Å². The highest BCUT2D eigenvalue weighted by atomic mass is 16.5. The lowest BCUT2D eigenvalue weighted by Gasteiger charge is -2.36. The van der Waals surface area contributed by atoms with Crippen molar-refractivity contribution in [1.82, 2.24) is 26.2 Å². The van der Waals surface area contributed by atoms with E-state index in [1.165, 1.54) is 18.2 Å². The zero-order valence-corrected chi connectivity index (χ0v) is 30.5. The summed E-state index contributed by atoms with van der Waals surface area (Å²) in [7, 11) is 1.57. The molecule has 0 radical (unpaired) electrons. The van der Waals surface area contributed by atoms with Gasteiger partial charge in [-0.2, -0.15) is 0 Å². The average molecular weight is 705 g/mol. The highest BCUT2D eigenvalue weighted by molar-refractivity contribution is 5.96. The zero-order valence-electron chi connectivity index (χ0n) is 30.5. The smallest absolute Gasteiger partial charge is 0.325 e. The van der Waals surface area contributed by atoms with Gasteiger partial charge in [0, 0.05) is 13.6 Å². The number of hydrogen-bond acceptors (Lipinski definition) is 9. The van der Waals surface area contributed by atoms with Crippen LogP contribution in [0.5, 0.6) is 0 Å². The number of likely N-dealkylation sites (N-methyl/N-ethyl adjacent to an activating group) is 1. The van der Waals surface area contributed by atoms with Gasteiger partial charge in [0.05, 0.1) is 12.0 Å². The first kappa shape index (κ1) is 39.5. The Kier molecular flexibility index (Phi) is 14.1. The van der Waals surface area contributed by atoms with Crippen molar-refractivity contribution in [3.8, 4) is 0 Å². The van der Waals surface area contributed by atoms with Gasteiger partial charge < -0.3 is 41.7 Å². The van der Waals surface area contributed by atoms with Crippen molar-refractivity contribution in [3.05, 3.63) is 0 Å². The number of amides is 5. The Morgan fingerprint density at radius 1 is 0.860 bits per heavy atom. The molecular weight excluding hydrogens is 644 g/mol.